The number of pyridine rings is 1. The fourth-order valence-corrected chi connectivity index (χ4v) is 5.18. The van der Waals surface area contributed by atoms with E-state index in [2.05, 4.69) is 9.97 Å². The van der Waals surface area contributed by atoms with Crippen LogP contribution in [0, 0.1) is 11.6 Å². The molecule has 0 saturated heterocycles. The maximum Gasteiger partial charge on any atom is 0.416 e. The fourth-order valence-electron chi connectivity index (χ4n) is 3.99. The fraction of sp³-hybridized carbons (Fsp3) is 0.0370. The van der Waals surface area contributed by atoms with Crippen molar-refractivity contribution in [2.45, 2.75) is 11.1 Å². The highest BCUT2D eigenvalue weighted by molar-refractivity contribution is 7.92. The summed E-state index contributed by atoms with van der Waals surface area (Å²) in [6.45, 7) is 0. The number of aromatic amines is 1. The van der Waals surface area contributed by atoms with E-state index in [4.69, 9.17) is 11.6 Å². The molecule has 0 fully saturated rings. The molecule has 0 bridgehead atoms. The van der Waals surface area contributed by atoms with Crippen LogP contribution in [0.25, 0.3) is 22.2 Å². The van der Waals surface area contributed by atoms with Gasteiger partial charge in [0.1, 0.15) is 11.5 Å². The van der Waals surface area contributed by atoms with E-state index in [-0.39, 0.29) is 16.6 Å². The minimum absolute atomic E-state index is 0.126. The summed E-state index contributed by atoms with van der Waals surface area (Å²) in [7, 11) is -4.60. The van der Waals surface area contributed by atoms with Crippen LogP contribution >= 0.6 is 11.6 Å². The van der Waals surface area contributed by atoms with Gasteiger partial charge in [-0.2, -0.15) is 13.2 Å². The first-order valence-corrected chi connectivity index (χ1v) is 13.2. The number of sulfonamides is 1. The van der Waals surface area contributed by atoms with E-state index in [1.54, 1.807) is 30.3 Å². The number of rotatable bonds is 6. The summed E-state index contributed by atoms with van der Waals surface area (Å²) in [5.74, 6) is -3.85. The van der Waals surface area contributed by atoms with Crippen molar-refractivity contribution in [2.24, 2.45) is 0 Å². The van der Waals surface area contributed by atoms with Crippen LogP contribution in [-0.4, -0.2) is 24.2 Å². The van der Waals surface area contributed by atoms with E-state index in [9.17, 15) is 30.8 Å². The minimum Gasteiger partial charge on any atom is -0.345 e. The molecular weight excluding hydrogens is 577 g/mol. The van der Waals surface area contributed by atoms with Gasteiger partial charge < -0.3 is 4.98 Å². The van der Waals surface area contributed by atoms with E-state index in [1.807, 2.05) is 4.72 Å². The highest BCUT2D eigenvalue weighted by Gasteiger charge is 2.31. The maximum absolute atomic E-state index is 15.4. The van der Waals surface area contributed by atoms with Gasteiger partial charge in [0.15, 0.2) is 5.82 Å². The molecule has 2 heterocycles. The summed E-state index contributed by atoms with van der Waals surface area (Å²) in [6.07, 6.45) is -1.93. The summed E-state index contributed by atoms with van der Waals surface area (Å²) >= 11 is 5.93. The molecule has 0 radical (unpaired) electrons. The second-order valence-corrected chi connectivity index (χ2v) is 10.7. The lowest BCUT2D eigenvalue weighted by Gasteiger charge is -2.13. The third-order valence-corrected chi connectivity index (χ3v) is 7.64. The first kappa shape index (κ1) is 27.3. The van der Waals surface area contributed by atoms with E-state index in [0.29, 0.717) is 40.9 Å². The summed E-state index contributed by atoms with van der Waals surface area (Å²) in [5.41, 5.74) is -1.44. The standard InChI is InChI=1S/C27H15ClF5N3O3S/c28-17-5-1-14(2-6-17)15-11-19-20(13-35-26(19)34-12-15)25(37)23-21(29)9-10-22(24(23)30)36-40(38,39)18-7-3-16(4-8-18)27(31,32)33/h1-13,36H,(H,34,35). The third-order valence-electron chi connectivity index (χ3n) is 6.01. The lowest BCUT2D eigenvalue weighted by Crippen LogP contribution is -2.17. The molecule has 5 rings (SSSR count). The van der Waals surface area contributed by atoms with E-state index in [1.165, 1.54) is 12.4 Å². The van der Waals surface area contributed by atoms with Crippen LogP contribution in [0.5, 0.6) is 0 Å². The number of anilines is 1. The highest BCUT2D eigenvalue weighted by Crippen LogP contribution is 2.32. The van der Waals surface area contributed by atoms with Crippen molar-refractivity contribution in [3.05, 3.63) is 112 Å². The molecule has 13 heteroatoms. The second kappa shape index (κ2) is 10.0. The number of carbonyl (C=O) groups is 1. The molecule has 3 aromatic carbocycles. The van der Waals surface area contributed by atoms with Crippen LogP contribution in [0.3, 0.4) is 0 Å². The maximum atomic E-state index is 15.4. The van der Waals surface area contributed by atoms with Crippen LogP contribution in [0.15, 0.2) is 84.0 Å². The van der Waals surface area contributed by atoms with E-state index in [0.717, 1.165) is 11.6 Å². The number of fused-ring (bicyclic) bond motifs is 1. The zero-order valence-electron chi connectivity index (χ0n) is 19.9. The molecule has 5 aromatic rings. The Kier molecular flexibility index (Phi) is 6.84. The summed E-state index contributed by atoms with van der Waals surface area (Å²) in [5, 5.41) is 0.766. The van der Waals surface area contributed by atoms with Crippen molar-refractivity contribution >= 4 is 44.1 Å². The monoisotopic (exact) mass is 591 g/mol. The number of alkyl halides is 3. The lowest BCUT2D eigenvalue weighted by atomic mass is 10.00. The molecule has 0 spiro atoms. The number of hydrogen-bond acceptors (Lipinski definition) is 4. The molecule has 0 aliphatic carbocycles. The molecule has 0 saturated carbocycles. The van der Waals surface area contributed by atoms with Gasteiger partial charge in [0.25, 0.3) is 10.0 Å². The van der Waals surface area contributed by atoms with Gasteiger partial charge in [-0.1, -0.05) is 23.7 Å². The van der Waals surface area contributed by atoms with Crippen LogP contribution in [0.4, 0.5) is 27.6 Å². The van der Waals surface area contributed by atoms with Crippen LogP contribution in [0.2, 0.25) is 5.02 Å². The molecule has 0 unspecified atom stereocenters. The van der Waals surface area contributed by atoms with Crippen molar-refractivity contribution in [3.8, 4) is 11.1 Å². The first-order chi connectivity index (χ1) is 18.8. The van der Waals surface area contributed by atoms with E-state index >= 15 is 4.39 Å². The van der Waals surface area contributed by atoms with Gasteiger partial charge in [-0.25, -0.2) is 22.2 Å². The van der Waals surface area contributed by atoms with Crippen LogP contribution in [-0.2, 0) is 16.2 Å². The van der Waals surface area contributed by atoms with Gasteiger partial charge in [-0.3, -0.25) is 9.52 Å². The number of carbonyl (C=O) groups excluding carboxylic acids is 1. The number of nitrogens with one attached hydrogen (secondary N) is 2. The Morgan fingerprint density at radius 3 is 2.25 bits per heavy atom. The molecule has 2 N–H and O–H groups in total. The zero-order chi connectivity index (χ0) is 28.8. The smallest absolute Gasteiger partial charge is 0.345 e. The quantitative estimate of drug-likeness (QED) is 0.161. The third kappa shape index (κ3) is 5.15. The Morgan fingerprint density at radius 2 is 1.60 bits per heavy atom. The number of benzene rings is 3. The number of aromatic nitrogens is 2. The van der Waals surface area contributed by atoms with Crippen LogP contribution < -0.4 is 4.72 Å². The SMILES string of the molecule is O=C(c1c(F)ccc(NS(=O)(=O)c2ccc(C(F)(F)F)cc2)c1F)c1c[nH]c2ncc(-c3ccc(Cl)cc3)cc12. The highest BCUT2D eigenvalue weighted by atomic mass is 35.5. The number of nitrogens with zero attached hydrogens (tertiary/aromatic N) is 1. The second-order valence-electron chi connectivity index (χ2n) is 8.57. The van der Waals surface area contributed by atoms with E-state index < -0.39 is 55.3 Å². The van der Waals surface area contributed by atoms with Gasteiger partial charge in [0, 0.05) is 33.9 Å². The Balaban J connectivity index is 1.50. The number of halogens is 6. The van der Waals surface area contributed by atoms with Gasteiger partial charge in [-0.05, 0) is 60.2 Å². The largest absolute Gasteiger partial charge is 0.416 e. The number of H-pyrrole nitrogens is 1. The Hall–Kier alpha value is -4.29. The molecule has 204 valence electrons. The van der Waals surface area contributed by atoms with Crippen molar-refractivity contribution in [1.29, 1.82) is 0 Å². The molecule has 6 nitrogen and oxygen atoms in total. The average Bonchev–Trinajstić information content (AvgIpc) is 3.34. The van der Waals surface area contributed by atoms with Crippen LogP contribution in [0.1, 0.15) is 21.5 Å². The Bertz CT molecular complexity index is 1870. The van der Waals surface area contributed by atoms with Gasteiger partial charge in [0.05, 0.1) is 21.7 Å². The summed E-state index contributed by atoms with van der Waals surface area (Å²) in [6, 6.07) is 12.3. The van der Waals surface area contributed by atoms with Gasteiger partial charge >= 0.3 is 6.18 Å². The normalized spacial score (nSPS) is 12.1. The average molecular weight is 592 g/mol. The molecule has 0 amide bonds. The van der Waals surface area contributed by atoms with Crippen molar-refractivity contribution < 1.29 is 35.2 Å². The number of hydrogen-bond donors (Lipinski definition) is 2. The lowest BCUT2D eigenvalue weighted by molar-refractivity contribution is -0.137. The molecular formula is C27H15ClF5N3O3S. The Morgan fingerprint density at radius 1 is 0.925 bits per heavy atom. The predicted molar refractivity (Wildman–Crippen MR) is 139 cm³/mol. The molecule has 40 heavy (non-hydrogen) atoms. The summed E-state index contributed by atoms with van der Waals surface area (Å²) < 4.78 is 96.0. The number of ketones is 1. The van der Waals surface area contributed by atoms with Gasteiger partial charge in [0.2, 0.25) is 5.78 Å². The zero-order valence-corrected chi connectivity index (χ0v) is 21.4. The van der Waals surface area contributed by atoms with Crippen molar-refractivity contribution in [3.63, 3.8) is 0 Å². The minimum atomic E-state index is -4.69. The van der Waals surface area contributed by atoms with Crippen molar-refractivity contribution in [2.75, 3.05) is 4.72 Å². The molecule has 0 aliphatic rings. The molecule has 2 aromatic heterocycles. The molecule has 0 atom stereocenters. The Labute approximate surface area is 228 Å². The molecule has 0 aliphatic heterocycles. The predicted octanol–water partition coefficient (Wildman–Crippen LogP) is 7.21. The summed E-state index contributed by atoms with van der Waals surface area (Å²) in [4.78, 5) is 19.8. The van der Waals surface area contributed by atoms with Crippen molar-refractivity contribution in [1.82, 2.24) is 9.97 Å². The first-order valence-electron chi connectivity index (χ1n) is 11.3. The van der Waals surface area contributed by atoms with Gasteiger partial charge in [-0.15, -0.1) is 0 Å². The topological polar surface area (TPSA) is 91.9 Å².